The lowest BCUT2D eigenvalue weighted by molar-refractivity contribution is 0.414. The highest BCUT2D eigenvalue weighted by Crippen LogP contribution is 2.20. The van der Waals surface area contributed by atoms with Crippen LogP contribution in [0.2, 0.25) is 0 Å². The maximum absolute atomic E-state index is 12.3. The summed E-state index contributed by atoms with van der Waals surface area (Å²) in [5, 5.41) is 0. The molecular formula is C17H20O3S. The number of benzene rings is 2. The molecule has 0 spiro atoms. The number of methoxy groups -OCH3 is 1. The standard InChI is InChI=1S/C17H20O3S/c1-14(16-8-4-3-5-9-16)12-21(18,19)13-15-7-6-10-17(11-15)20-2/h3-11,14H,12-13H2,1-2H3/t14-/m0/s1. The lowest BCUT2D eigenvalue weighted by atomic mass is 10.0. The van der Waals surface area contributed by atoms with Crippen molar-refractivity contribution in [1.29, 1.82) is 0 Å². The molecule has 0 fully saturated rings. The molecule has 0 heterocycles. The summed E-state index contributed by atoms with van der Waals surface area (Å²) >= 11 is 0. The Morgan fingerprint density at radius 2 is 1.76 bits per heavy atom. The van der Waals surface area contributed by atoms with E-state index in [0.717, 1.165) is 11.1 Å². The van der Waals surface area contributed by atoms with Crippen molar-refractivity contribution in [1.82, 2.24) is 0 Å². The van der Waals surface area contributed by atoms with Crippen LogP contribution in [0.4, 0.5) is 0 Å². The van der Waals surface area contributed by atoms with Crippen LogP contribution in [0.1, 0.15) is 24.0 Å². The minimum Gasteiger partial charge on any atom is -0.497 e. The van der Waals surface area contributed by atoms with E-state index in [4.69, 9.17) is 4.74 Å². The summed E-state index contributed by atoms with van der Waals surface area (Å²) in [5.74, 6) is 0.857. The van der Waals surface area contributed by atoms with Crippen molar-refractivity contribution in [2.24, 2.45) is 0 Å². The molecule has 0 saturated heterocycles. The maximum Gasteiger partial charge on any atom is 0.155 e. The summed E-state index contributed by atoms with van der Waals surface area (Å²) in [7, 11) is -1.59. The highest BCUT2D eigenvalue weighted by atomic mass is 32.2. The quantitative estimate of drug-likeness (QED) is 0.821. The molecule has 0 radical (unpaired) electrons. The zero-order valence-electron chi connectivity index (χ0n) is 12.3. The number of rotatable bonds is 6. The van der Waals surface area contributed by atoms with E-state index < -0.39 is 9.84 Å². The van der Waals surface area contributed by atoms with Gasteiger partial charge in [0.2, 0.25) is 0 Å². The summed E-state index contributed by atoms with van der Waals surface area (Å²) in [4.78, 5) is 0. The van der Waals surface area contributed by atoms with Gasteiger partial charge in [-0.05, 0) is 29.2 Å². The lowest BCUT2D eigenvalue weighted by Crippen LogP contribution is -2.14. The predicted molar refractivity (Wildman–Crippen MR) is 85.3 cm³/mol. The lowest BCUT2D eigenvalue weighted by Gasteiger charge is -2.13. The summed E-state index contributed by atoms with van der Waals surface area (Å²) in [5.41, 5.74) is 1.81. The van der Waals surface area contributed by atoms with Crippen molar-refractivity contribution < 1.29 is 13.2 Å². The molecule has 0 saturated carbocycles. The van der Waals surface area contributed by atoms with Gasteiger partial charge in [-0.25, -0.2) is 8.42 Å². The third kappa shape index (κ3) is 4.60. The van der Waals surface area contributed by atoms with Crippen molar-refractivity contribution in [2.75, 3.05) is 12.9 Å². The van der Waals surface area contributed by atoms with Crippen LogP contribution in [0.25, 0.3) is 0 Å². The highest BCUT2D eigenvalue weighted by molar-refractivity contribution is 7.90. The molecule has 0 unspecified atom stereocenters. The molecule has 112 valence electrons. The molecule has 2 rings (SSSR count). The van der Waals surface area contributed by atoms with Gasteiger partial charge in [0.25, 0.3) is 0 Å². The van der Waals surface area contributed by atoms with Crippen molar-refractivity contribution in [3.8, 4) is 5.75 Å². The Morgan fingerprint density at radius 3 is 2.43 bits per heavy atom. The predicted octanol–water partition coefficient (Wildman–Crippen LogP) is 3.41. The second kappa shape index (κ2) is 6.76. The van der Waals surface area contributed by atoms with Crippen LogP contribution in [0.5, 0.6) is 5.75 Å². The van der Waals surface area contributed by atoms with Crippen molar-refractivity contribution in [2.45, 2.75) is 18.6 Å². The molecule has 3 nitrogen and oxygen atoms in total. The van der Waals surface area contributed by atoms with Gasteiger partial charge in [0.1, 0.15) is 5.75 Å². The fourth-order valence-electron chi connectivity index (χ4n) is 2.33. The first-order valence-electron chi connectivity index (χ1n) is 6.88. The van der Waals surface area contributed by atoms with Crippen LogP contribution in [0.3, 0.4) is 0 Å². The molecular weight excluding hydrogens is 284 g/mol. The van der Waals surface area contributed by atoms with Gasteiger partial charge in [0.05, 0.1) is 18.6 Å². The molecule has 2 aromatic carbocycles. The zero-order chi connectivity index (χ0) is 15.3. The van der Waals surface area contributed by atoms with E-state index in [1.54, 1.807) is 13.2 Å². The normalized spacial score (nSPS) is 12.9. The van der Waals surface area contributed by atoms with Gasteiger partial charge >= 0.3 is 0 Å². The zero-order valence-corrected chi connectivity index (χ0v) is 13.1. The average molecular weight is 304 g/mol. The van der Waals surface area contributed by atoms with Crippen LogP contribution < -0.4 is 4.74 Å². The summed E-state index contributed by atoms with van der Waals surface area (Å²) in [6.07, 6.45) is 0. The molecule has 0 aliphatic carbocycles. The maximum atomic E-state index is 12.3. The van der Waals surface area contributed by atoms with E-state index in [2.05, 4.69) is 0 Å². The summed E-state index contributed by atoms with van der Waals surface area (Å²) in [6.45, 7) is 1.94. The first-order valence-corrected chi connectivity index (χ1v) is 8.70. The molecule has 0 N–H and O–H groups in total. The molecule has 21 heavy (non-hydrogen) atoms. The van der Waals surface area contributed by atoms with Gasteiger partial charge in [0.15, 0.2) is 9.84 Å². The summed E-state index contributed by atoms with van der Waals surface area (Å²) < 4.78 is 29.8. The third-order valence-corrected chi connectivity index (χ3v) is 5.17. The molecule has 0 amide bonds. The Balaban J connectivity index is 2.08. The topological polar surface area (TPSA) is 43.4 Å². The van der Waals surface area contributed by atoms with E-state index >= 15 is 0 Å². The smallest absolute Gasteiger partial charge is 0.155 e. The number of sulfone groups is 1. The SMILES string of the molecule is COc1cccc(CS(=O)(=O)C[C@H](C)c2ccccc2)c1. The van der Waals surface area contributed by atoms with Gasteiger partial charge < -0.3 is 4.74 Å². The van der Waals surface area contributed by atoms with Crippen LogP contribution in [-0.2, 0) is 15.6 Å². The van der Waals surface area contributed by atoms with Crippen LogP contribution in [-0.4, -0.2) is 21.3 Å². The van der Waals surface area contributed by atoms with E-state index in [1.165, 1.54) is 0 Å². The van der Waals surface area contributed by atoms with Crippen LogP contribution in [0, 0.1) is 0 Å². The summed E-state index contributed by atoms with van der Waals surface area (Å²) in [6, 6.07) is 16.9. The van der Waals surface area contributed by atoms with E-state index in [9.17, 15) is 8.42 Å². The molecule has 2 aromatic rings. The van der Waals surface area contributed by atoms with Crippen molar-refractivity contribution >= 4 is 9.84 Å². The van der Waals surface area contributed by atoms with Gasteiger partial charge in [-0.3, -0.25) is 0 Å². The Labute approximate surface area is 126 Å². The van der Waals surface area contributed by atoms with Gasteiger partial charge in [-0.2, -0.15) is 0 Å². The van der Waals surface area contributed by atoms with Gasteiger partial charge in [-0.1, -0.05) is 49.4 Å². The fraction of sp³-hybridized carbons (Fsp3) is 0.294. The second-order valence-corrected chi connectivity index (χ2v) is 7.33. The molecule has 1 atom stereocenters. The minimum atomic E-state index is -3.16. The number of hydrogen-bond donors (Lipinski definition) is 0. The molecule has 0 bridgehead atoms. The van der Waals surface area contributed by atoms with E-state index in [-0.39, 0.29) is 17.4 Å². The number of ether oxygens (including phenoxy) is 1. The fourth-order valence-corrected chi connectivity index (χ4v) is 4.09. The molecule has 4 heteroatoms. The van der Waals surface area contributed by atoms with Crippen molar-refractivity contribution in [3.05, 3.63) is 65.7 Å². The van der Waals surface area contributed by atoms with Crippen LogP contribution >= 0.6 is 0 Å². The monoisotopic (exact) mass is 304 g/mol. The van der Waals surface area contributed by atoms with Gasteiger partial charge in [0, 0.05) is 0 Å². The first-order chi connectivity index (χ1) is 10.00. The van der Waals surface area contributed by atoms with E-state index in [0.29, 0.717) is 5.75 Å². The molecule has 0 aliphatic rings. The average Bonchev–Trinajstić information content (AvgIpc) is 2.47. The third-order valence-electron chi connectivity index (χ3n) is 3.39. The Morgan fingerprint density at radius 1 is 1.05 bits per heavy atom. The number of hydrogen-bond acceptors (Lipinski definition) is 3. The molecule has 0 aliphatic heterocycles. The van der Waals surface area contributed by atoms with Crippen LogP contribution in [0.15, 0.2) is 54.6 Å². The Hall–Kier alpha value is -1.81. The second-order valence-electron chi connectivity index (χ2n) is 5.22. The first kappa shape index (κ1) is 15.6. The Kier molecular flexibility index (Phi) is 5.02. The Bertz CT molecular complexity index is 678. The largest absolute Gasteiger partial charge is 0.497 e. The highest BCUT2D eigenvalue weighted by Gasteiger charge is 2.18. The van der Waals surface area contributed by atoms with Gasteiger partial charge in [-0.15, -0.1) is 0 Å². The van der Waals surface area contributed by atoms with Crippen molar-refractivity contribution in [3.63, 3.8) is 0 Å². The van der Waals surface area contributed by atoms with E-state index in [1.807, 2.05) is 55.5 Å². The molecule has 0 aromatic heterocycles. The minimum absolute atomic E-state index is 0.0122.